The normalized spacial score (nSPS) is 29.2. The number of hydrogen-bond acceptors (Lipinski definition) is 4. The number of morpholine rings is 1. The van der Waals surface area contributed by atoms with E-state index in [1.54, 1.807) is 0 Å². The predicted molar refractivity (Wildman–Crippen MR) is 75.6 cm³/mol. The van der Waals surface area contributed by atoms with E-state index in [0.717, 1.165) is 39.1 Å². The third kappa shape index (κ3) is 3.32. The van der Waals surface area contributed by atoms with Crippen LogP contribution in [0.15, 0.2) is 0 Å². The van der Waals surface area contributed by atoms with E-state index in [0.29, 0.717) is 25.7 Å². The molecule has 0 bridgehead atoms. The van der Waals surface area contributed by atoms with Crippen molar-refractivity contribution >= 4 is 5.91 Å². The summed E-state index contributed by atoms with van der Waals surface area (Å²) in [5.41, 5.74) is 0.185. The highest BCUT2D eigenvalue weighted by molar-refractivity contribution is 5.76. The molecule has 0 aromatic heterocycles. The summed E-state index contributed by atoms with van der Waals surface area (Å²) in [5, 5.41) is 3.56. The molecule has 0 aromatic carbocycles. The van der Waals surface area contributed by atoms with Crippen LogP contribution in [0.2, 0.25) is 0 Å². The highest BCUT2D eigenvalue weighted by Crippen LogP contribution is 2.42. The topological polar surface area (TPSA) is 50.8 Å². The summed E-state index contributed by atoms with van der Waals surface area (Å²) in [6.07, 6.45) is 6.55. The first kappa shape index (κ1) is 14.3. The van der Waals surface area contributed by atoms with Gasteiger partial charge in [0.2, 0.25) is 5.91 Å². The third-order valence-corrected chi connectivity index (χ3v) is 4.89. The molecule has 20 heavy (non-hydrogen) atoms. The first-order valence-electron chi connectivity index (χ1n) is 8.00. The van der Waals surface area contributed by atoms with Crippen molar-refractivity contribution in [3.8, 4) is 0 Å². The zero-order valence-corrected chi connectivity index (χ0v) is 12.2. The van der Waals surface area contributed by atoms with E-state index in [-0.39, 0.29) is 11.5 Å². The van der Waals surface area contributed by atoms with Crippen LogP contribution in [0.3, 0.4) is 0 Å². The van der Waals surface area contributed by atoms with Crippen molar-refractivity contribution in [2.45, 2.75) is 50.2 Å². The van der Waals surface area contributed by atoms with Crippen molar-refractivity contribution in [3.05, 3.63) is 0 Å². The summed E-state index contributed by atoms with van der Waals surface area (Å²) in [6.45, 7) is 4.52. The number of carbonyl (C=O) groups excluding carboxylic acids is 1. The quantitative estimate of drug-likeness (QED) is 0.833. The molecular formula is C15H26N2O3. The molecule has 3 fully saturated rings. The van der Waals surface area contributed by atoms with Crippen LogP contribution in [0, 0.1) is 0 Å². The predicted octanol–water partition coefficient (Wildman–Crippen LogP) is 0.927. The summed E-state index contributed by atoms with van der Waals surface area (Å²) in [5.74, 6) is 0.256. The Morgan fingerprint density at radius 3 is 2.75 bits per heavy atom. The maximum Gasteiger partial charge on any atom is 0.224 e. The number of rotatable bonds is 4. The zero-order chi connectivity index (χ0) is 13.8. The fourth-order valence-corrected chi connectivity index (χ4v) is 3.48. The standard InChI is InChI=1S/C15H26N2O3/c18-14(17-7-10-19-11-8-17)2-6-16-13-3-9-20-15(12-13)4-1-5-15/h13,16H,1-12H2. The lowest BCUT2D eigenvalue weighted by Gasteiger charge is -2.47. The van der Waals surface area contributed by atoms with Crippen LogP contribution in [0.1, 0.15) is 38.5 Å². The second-order valence-electron chi connectivity index (χ2n) is 6.27. The van der Waals surface area contributed by atoms with Crippen LogP contribution >= 0.6 is 0 Å². The first-order valence-corrected chi connectivity index (χ1v) is 8.00. The first-order chi connectivity index (χ1) is 9.77. The van der Waals surface area contributed by atoms with Gasteiger partial charge < -0.3 is 19.7 Å². The van der Waals surface area contributed by atoms with Crippen molar-refractivity contribution in [3.63, 3.8) is 0 Å². The van der Waals surface area contributed by atoms with Crippen molar-refractivity contribution in [1.29, 1.82) is 0 Å². The molecule has 5 nitrogen and oxygen atoms in total. The molecule has 3 rings (SSSR count). The summed E-state index contributed by atoms with van der Waals surface area (Å²) < 4.78 is 11.2. The molecule has 1 atom stereocenters. The van der Waals surface area contributed by atoms with Crippen molar-refractivity contribution < 1.29 is 14.3 Å². The van der Waals surface area contributed by atoms with Gasteiger partial charge in [-0.3, -0.25) is 4.79 Å². The van der Waals surface area contributed by atoms with E-state index in [1.807, 2.05) is 4.90 Å². The molecule has 2 saturated heterocycles. The van der Waals surface area contributed by atoms with E-state index < -0.39 is 0 Å². The minimum atomic E-state index is 0.185. The van der Waals surface area contributed by atoms with E-state index in [2.05, 4.69) is 5.32 Å². The number of nitrogens with zero attached hydrogens (tertiary/aromatic N) is 1. The Balaban J connectivity index is 1.35. The molecule has 2 aliphatic heterocycles. The lowest BCUT2D eigenvalue weighted by atomic mass is 9.74. The summed E-state index contributed by atoms with van der Waals surface area (Å²) >= 11 is 0. The van der Waals surface area contributed by atoms with E-state index in [1.165, 1.54) is 19.3 Å². The van der Waals surface area contributed by atoms with Gasteiger partial charge in [0.1, 0.15) is 0 Å². The van der Waals surface area contributed by atoms with Gasteiger partial charge in [-0.25, -0.2) is 0 Å². The van der Waals surface area contributed by atoms with E-state index in [4.69, 9.17) is 9.47 Å². The van der Waals surface area contributed by atoms with Crippen LogP contribution in [0.25, 0.3) is 0 Å². The lowest BCUT2D eigenvalue weighted by Crippen LogP contribution is -2.51. The number of carbonyl (C=O) groups is 1. The van der Waals surface area contributed by atoms with Crippen LogP contribution in [-0.2, 0) is 14.3 Å². The molecule has 2 heterocycles. The summed E-state index contributed by atoms with van der Waals surface area (Å²) in [7, 11) is 0. The van der Waals surface area contributed by atoms with Gasteiger partial charge in [-0.2, -0.15) is 0 Å². The molecule has 1 unspecified atom stereocenters. The maximum absolute atomic E-state index is 12.0. The van der Waals surface area contributed by atoms with E-state index >= 15 is 0 Å². The highest BCUT2D eigenvalue weighted by atomic mass is 16.5. The van der Waals surface area contributed by atoms with Crippen LogP contribution in [0.5, 0.6) is 0 Å². The molecule has 1 amide bonds. The summed E-state index contributed by atoms with van der Waals surface area (Å²) in [6, 6.07) is 0.529. The number of nitrogens with one attached hydrogen (secondary N) is 1. The fourth-order valence-electron chi connectivity index (χ4n) is 3.48. The largest absolute Gasteiger partial charge is 0.378 e. The average Bonchev–Trinajstić information content (AvgIpc) is 2.47. The Hall–Kier alpha value is -0.650. The maximum atomic E-state index is 12.0. The molecule has 3 aliphatic rings. The molecular weight excluding hydrogens is 256 g/mol. The fraction of sp³-hybridized carbons (Fsp3) is 0.933. The van der Waals surface area contributed by atoms with Crippen molar-refractivity contribution in [2.24, 2.45) is 0 Å². The Kier molecular flexibility index (Phi) is 4.58. The number of ether oxygens (including phenoxy) is 2. The minimum Gasteiger partial charge on any atom is -0.378 e. The Morgan fingerprint density at radius 1 is 1.25 bits per heavy atom. The molecule has 1 N–H and O–H groups in total. The second kappa shape index (κ2) is 6.41. The average molecular weight is 282 g/mol. The number of hydrogen-bond donors (Lipinski definition) is 1. The van der Waals surface area contributed by atoms with Crippen LogP contribution < -0.4 is 5.32 Å². The summed E-state index contributed by atoms with van der Waals surface area (Å²) in [4.78, 5) is 14.0. The van der Waals surface area contributed by atoms with Gasteiger partial charge in [0.15, 0.2) is 0 Å². The van der Waals surface area contributed by atoms with Crippen LogP contribution in [-0.4, -0.2) is 61.9 Å². The SMILES string of the molecule is O=C(CCNC1CCOC2(CCC2)C1)N1CCOCC1. The molecule has 5 heteroatoms. The van der Waals surface area contributed by atoms with Crippen molar-refractivity contribution in [1.82, 2.24) is 10.2 Å². The molecule has 0 radical (unpaired) electrons. The van der Waals surface area contributed by atoms with Gasteiger partial charge in [0, 0.05) is 38.7 Å². The van der Waals surface area contributed by atoms with E-state index in [9.17, 15) is 4.79 Å². The number of amides is 1. The van der Waals surface area contributed by atoms with Gasteiger partial charge in [-0.05, 0) is 32.1 Å². The molecule has 0 aromatic rings. The molecule has 1 saturated carbocycles. The smallest absolute Gasteiger partial charge is 0.224 e. The second-order valence-corrected chi connectivity index (χ2v) is 6.27. The molecule has 1 aliphatic carbocycles. The van der Waals surface area contributed by atoms with Gasteiger partial charge in [-0.15, -0.1) is 0 Å². The Bertz CT molecular complexity index is 338. The van der Waals surface area contributed by atoms with Crippen molar-refractivity contribution in [2.75, 3.05) is 39.5 Å². The highest BCUT2D eigenvalue weighted by Gasteiger charge is 2.42. The van der Waals surface area contributed by atoms with Gasteiger partial charge in [-0.1, -0.05) is 0 Å². The van der Waals surface area contributed by atoms with Crippen LogP contribution in [0.4, 0.5) is 0 Å². The Morgan fingerprint density at radius 2 is 2.05 bits per heavy atom. The lowest BCUT2D eigenvalue weighted by molar-refractivity contribution is -0.137. The van der Waals surface area contributed by atoms with Gasteiger partial charge in [0.25, 0.3) is 0 Å². The third-order valence-electron chi connectivity index (χ3n) is 4.89. The van der Waals surface area contributed by atoms with Gasteiger partial charge in [0.05, 0.1) is 18.8 Å². The zero-order valence-electron chi connectivity index (χ0n) is 12.2. The van der Waals surface area contributed by atoms with Gasteiger partial charge >= 0.3 is 0 Å². The molecule has 1 spiro atoms. The minimum absolute atomic E-state index is 0.185. The monoisotopic (exact) mass is 282 g/mol. The molecule has 114 valence electrons. The Labute approximate surface area is 121 Å².